The summed E-state index contributed by atoms with van der Waals surface area (Å²) < 4.78 is 6.28. The first-order chi connectivity index (χ1) is 11.5. The van der Waals surface area contributed by atoms with Crippen LogP contribution in [0, 0.1) is 0 Å². The van der Waals surface area contributed by atoms with Crippen molar-refractivity contribution in [2.24, 2.45) is 0 Å². The number of hydrogen-bond acceptors (Lipinski definition) is 5. The van der Waals surface area contributed by atoms with Crippen molar-refractivity contribution >= 4 is 32.8 Å². The Morgan fingerprint density at radius 1 is 1.17 bits per heavy atom. The Kier molecular flexibility index (Phi) is 5.37. The Labute approximate surface area is 152 Å². The molecule has 24 heavy (non-hydrogen) atoms. The van der Waals surface area contributed by atoms with E-state index in [1.807, 2.05) is 24.4 Å². The Balaban J connectivity index is 1.68. The minimum absolute atomic E-state index is 0.169. The molecule has 1 saturated heterocycles. The van der Waals surface area contributed by atoms with Gasteiger partial charge in [-0.15, -0.1) is 0 Å². The Morgan fingerprint density at radius 3 is 2.62 bits per heavy atom. The summed E-state index contributed by atoms with van der Waals surface area (Å²) in [6, 6.07) is 6.01. The average molecular weight is 393 g/mol. The van der Waals surface area contributed by atoms with Crippen LogP contribution >= 0.6 is 15.9 Å². The molecule has 6 heteroatoms. The molecule has 0 N–H and O–H groups in total. The maximum atomic E-state index is 5.25. The van der Waals surface area contributed by atoms with E-state index in [1.54, 1.807) is 7.11 Å². The maximum Gasteiger partial charge on any atom is 0.147 e. The van der Waals surface area contributed by atoms with Crippen molar-refractivity contribution in [1.29, 1.82) is 0 Å². The van der Waals surface area contributed by atoms with Gasteiger partial charge in [0.05, 0.1) is 17.2 Å². The van der Waals surface area contributed by atoms with Gasteiger partial charge < -0.3 is 9.64 Å². The number of rotatable bonds is 5. The maximum absolute atomic E-state index is 5.25. The lowest BCUT2D eigenvalue weighted by Crippen LogP contribution is -2.55. The molecule has 1 aromatic carbocycles. The summed E-state index contributed by atoms with van der Waals surface area (Å²) in [6.45, 7) is 9.43. The van der Waals surface area contributed by atoms with Crippen LogP contribution in [0.4, 0.5) is 5.82 Å². The van der Waals surface area contributed by atoms with E-state index >= 15 is 0 Å². The second-order valence-corrected chi connectivity index (χ2v) is 7.81. The lowest BCUT2D eigenvalue weighted by atomic mass is 9.97. The van der Waals surface area contributed by atoms with Crippen molar-refractivity contribution in [2.45, 2.75) is 25.8 Å². The van der Waals surface area contributed by atoms with Crippen molar-refractivity contribution in [1.82, 2.24) is 14.9 Å². The fourth-order valence-corrected chi connectivity index (χ4v) is 3.53. The van der Waals surface area contributed by atoms with E-state index in [0.717, 1.165) is 60.5 Å². The molecule has 0 saturated carbocycles. The fourth-order valence-electron chi connectivity index (χ4n) is 3.18. The van der Waals surface area contributed by atoms with Crippen molar-refractivity contribution in [3.63, 3.8) is 0 Å². The molecule has 1 fully saturated rings. The minimum atomic E-state index is 0.169. The molecule has 5 nitrogen and oxygen atoms in total. The van der Waals surface area contributed by atoms with Gasteiger partial charge in [0.25, 0.3) is 0 Å². The second kappa shape index (κ2) is 7.33. The van der Waals surface area contributed by atoms with Crippen LogP contribution in [-0.4, -0.2) is 60.3 Å². The summed E-state index contributed by atoms with van der Waals surface area (Å²) in [6.07, 6.45) is 2.94. The van der Waals surface area contributed by atoms with Crippen LogP contribution < -0.4 is 4.90 Å². The van der Waals surface area contributed by atoms with Crippen LogP contribution in [0.5, 0.6) is 0 Å². The van der Waals surface area contributed by atoms with Crippen LogP contribution in [-0.2, 0) is 4.74 Å². The summed E-state index contributed by atoms with van der Waals surface area (Å²) >= 11 is 3.51. The molecule has 0 radical (unpaired) electrons. The first-order valence-electron chi connectivity index (χ1n) is 8.41. The quantitative estimate of drug-likeness (QED) is 0.780. The monoisotopic (exact) mass is 392 g/mol. The Hall–Kier alpha value is -1.24. The third-order valence-corrected chi connectivity index (χ3v) is 5.36. The molecule has 0 bridgehead atoms. The Bertz CT molecular complexity index is 698. The van der Waals surface area contributed by atoms with Gasteiger partial charge in [0.1, 0.15) is 5.82 Å². The largest absolute Gasteiger partial charge is 0.385 e. The smallest absolute Gasteiger partial charge is 0.147 e. The van der Waals surface area contributed by atoms with E-state index in [4.69, 9.17) is 9.72 Å². The normalized spacial score (nSPS) is 16.8. The van der Waals surface area contributed by atoms with Crippen LogP contribution in [0.2, 0.25) is 0 Å². The van der Waals surface area contributed by atoms with Crippen molar-refractivity contribution in [2.75, 3.05) is 44.8 Å². The van der Waals surface area contributed by atoms with Gasteiger partial charge in [-0.1, -0.05) is 15.9 Å². The second-order valence-electron chi connectivity index (χ2n) is 6.89. The highest BCUT2D eigenvalue weighted by molar-refractivity contribution is 9.10. The van der Waals surface area contributed by atoms with Gasteiger partial charge in [-0.25, -0.2) is 4.98 Å². The highest BCUT2D eigenvalue weighted by Crippen LogP contribution is 2.24. The third-order valence-electron chi connectivity index (χ3n) is 4.87. The number of ether oxygens (including phenoxy) is 1. The van der Waals surface area contributed by atoms with Gasteiger partial charge in [0, 0.05) is 49.9 Å². The number of anilines is 1. The zero-order valence-corrected chi connectivity index (χ0v) is 16.2. The number of halogens is 1. The molecule has 0 amide bonds. The van der Waals surface area contributed by atoms with Gasteiger partial charge in [0.15, 0.2) is 0 Å². The molecule has 2 heterocycles. The summed E-state index contributed by atoms with van der Waals surface area (Å²) in [4.78, 5) is 14.2. The number of piperazine rings is 1. The molecule has 3 rings (SSSR count). The number of aromatic nitrogens is 2. The van der Waals surface area contributed by atoms with Gasteiger partial charge in [-0.2, -0.15) is 0 Å². The predicted molar refractivity (Wildman–Crippen MR) is 102 cm³/mol. The van der Waals surface area contributed by atoms with Gasteiger partial charge in [-0.3, -0.25) is 9.88 Å². The van der Waals surface area contributed by atoms with E-state index < -0.39 is 0 Å². The highest BCUT2D eigenvalue weighted by atomic mass is 79.9. The summed E-state index contributed by atoms with van der Waals surface area (Å²) in [5.74, 6) is 0.968. The minimum Gasteiger partial charge on any atom is -0.385 e. The first-order valence-corrected chi connectivity index (χ1v) is 9.20. The number of benzene rings is 1. The molecular weight excluding hydrogens is 368 g/mol. The first kappa shape index (κ1) is 17.6. The Morgan fingerprint density at radius 2 is 1.92 bits per heavy atom. The van der Waals surface area contributed by atoms with E-state index in [1.165, 1.54) is 0 Å². The lowest BCUT2D eigenvalue weighted by Gasteiger charge is -2.44. The molecular formula is C18H25BrN4O. The number of hydrogen-bond donors (Lipinski definition) is 0. The SMILES string of the molecule is COCCC(C)(C)N1CCN(c2cnc3ccc(Br)cc3n2)CC1. The summed E-state index contributed by atoms with van der Waals surface area (Å²) in [7, 11) is 1.77. The molecule has 0 aliphatic carbocycles. The standard InChI is InChI=1S/C18H25BrN4O/c1-18(2,6-11-24-3)23-9-7-22(8-10-23)17-13-20-15-5-4-14(19)12-16(15)21-17/h4-5,12-13H,6-11H2,1-3H3. The zero-order valence-electron chi connectivity index (χ0n) is 14.6. The summed E-state index contributed by atoms with van der Waals surface area (Å²) in [5, 5.41) is 0. The van der Waals surface area contributed by atoms with Crippen molar-refractivity contribution < 1.29 is 4.74 Å². The van der Waals surface area contributed by atoms with Gasteiger partial charge >= 0.3 is 0 Å². The molecule has 1 aliphatic heterocycles. The molecule has 1 aromatic heterocycles. The topological polar surface area (TPSA) is 41.5 Å². The number of methoxy groups -OCH3 is 1. The van der Waals surface area contributed by atoms with E-state index in [0.29, 0.717) is 0 Å². The third kappa shape index (κ3) is 3.87. The van der Waals surface area contributed by atoms with E-state index in [9.17, 15) is 0 Å². The number of nitrogens with zero attached hydrogens (tertiary/aromatic N) is 4. The highest BCUT2D eigenvalue weighted by Gasteiger charge is 2.30. The molecule has 0 atom stereocenters. The van der Waals surface area contributed by atoms with E-state index in [-0.39, 0.29) is 5.54 Å². The van der Waals surface area contributed by atoms with Crippen molar-refractivity contribution in [3.05, 3.63) is 28.9 Å². The molecule has 0 unspecified atom stereocenters. The molecule has 1 aliphatic rings. The predicted octanol–water partition coefficient (Wildman–Crippen LogP) is 3.33. The van der Waals surface area contributed by atoms with Crippen LogP contribution in [0.3, 0.4) is 0 Å². The van der Waals surface area contributed by atoms with Crippen LogP contribution in [0.1, 0.15) is 20.3 Å². The fraction of sp³-hybridized carbons (Fsp3) is 0.556. The molecule has 2 aromatic rings. The van der Waals surface area contributed by atoms with Gasteiger partial charge in [-0.05, 0) is 38.5 Å². The summed E-state index contributed by atoms with van der Waals surface area (Å²) in [5.41, 5.74) is 2.04. The van der Waals surface area contributed by atoms with Crippen LogP contribution in [0.25, 0.3) is 11.0 Å². The molecule has 0 spiro atoms. The average Bonchev–Trinajstić information content (AvgIpc) is 2.59. The van der Waals surface area contributed by atoms with Gasteiger partial charge in [0.2, 0.25) is 0 Å². The van der Waals surface area contributed by atoms with Crippen LogP contribution in [0.15, 0.2) is 28.9 Å². The van der Waals surface area contributed by atoms with Crippen molar-refractivity contribution in [3.8, 4) is 0 Å². The zero-order chi connectivity index (χ0) is 17.2. The lowest BCUT2D eigenvalue weighted by molar-refractivity contribution is 0.0710. The number of fused-ring (bicyclic) bond motifs is 1. The molecule has 130 valence electrons. The van der Waals surface area contributed by atoms with E-state index in [2.05, 4.69) is 44.6 Å².